The normalized spacial score (nSPS) is 10.7. The highest BCUT2D eigenvalue weighted by atomic mass is 19.4. The van der Waals surface area contributed by atoms with Crippen LogP contribution in [0, 0.1) is 18.8 Å². The molecule has 0 unspecified atom stereocenters. The lowest BCUT2D eigenvalue weighted by Gasteiger charge is -2.07. The molecule has 2 aromatic rings. The lowest BCUT2D eigenvalue weighted by molar-refractivity contribution is -0.148. The van der Waals surface area contributed by atoms with Crippen LogP contribution >= 0.6 is 0 Å². The van der Waals surface area contributed by atoms with E-state index in [4.69, 9.17) is 5.11 Å². The standard InChI is InChI=1S/C19H13F3O3/c1-12-8-15(10-16(9-12)19(20,21)22)7-4-13-2-5-14(6-3-13)11-17(23)18(24)25/h2-3,5-6,8-10H,11H2,1H3,(H,24,25). The van der Waals surface area contributed by atoms with Crippen molar-refractivity contribution in [2.45, 2.75) is 19.5 Å². The molecule has 0 bridgehead atoms. The van der Waals surface area contributed by atoms with Crippen LogP contribution < -0.4 is 0 Å². The van der Waals surface area contributed by atoms with Gasteiger partial charge < -0.3 is 5.11 Å². The van der Waals surface area contributed by atoms with E-state index in [0.29, 0.717) is 16.7 Å². The Bertz CT molecular complexity index is 870. The Labute approximate surface area is 142 Å². The molecule has 2 rings (SSSR count). The first kappa shape index (κ1) is 18.3. The molecule has 0 spiro atoms. The summed E-state index contributed by atoms with van der Waals surface area (Å²) < 4.78 is 38.4. The number of aliphatic carboxylic acids is 1. The molecule has 0 aliphatic heterocycles. The van der Waals surface area contributed by atoms with Crippen molar-refractivity contribution in [2.24, 2.45) is 0 Å². The maximum atomic E-state index is 12.8. The molecule has 0 aromatic heterocycles. The van der Waals surface area contributed by atoms with Crippen LogP contribution in [0.25, 0.3) is 0 Å². The van der Waals surface area contributed by atoms with Crippen LogP contribution in [0.2, 0.25) is 0 Å². The number of carbonyl (C=O) groups is 2. The zero-order valence-electron chi connectivity index (χ0n) is 13.1. The van der Waals surface area contributed by atoms with Gasteiger partial charge in [0, 0.05) is 17.5 Å². The number of ketones is 1. The molecule has 128 valence electrons. The molecule has 6 heteroatoms. The maximum Gasteiger partial charge on any atom is 0.416 e. The first-order valence-electron chi connectivity index (χ1n) is 7.21. The van der Waals surface area contributed by atoms with E-state index in [1.54, 1.807) is 37.3 Å². The summed E-state index contributed by atoms with van der Waals surface area (Å²) >= 11 is 0. The van der Waals surface area contributed by atoms with Gasteiger partial charge in [-0.05, 0) is 48.4 Å². The zero-order chi connectivity index (χ0) is 18.6. The molecule has 0 saturated heterocycles. The van der Waals surface area contributed by atoms with Gasteiger partial charge in [0.15, 0.2) is 0 Å². The quantitative estimate of drug-likeness (QED) is 0.682. The molecule has 0 radical (unpaired) electrons. The topological polar surface area (TPSA) is 54.4 Å². The molecule has 2 aromatic carbocycles. The second-order valence-electron chi connectivity index (χ2n) is 5.44. The van der Waals surface area contributed by atoms with Crippen molar-refractivity contribution in [3.05, 3.63) is 70.3 Å². The van der Waals surface area contributed by atoms with Crippen LogP contribution in [0.15, 0.2) is 42.5 Å². The Morgan fingerprint density at radius 3 is 2.16 bits per heavy atom. The third-order valence-electron chi connectivity index (χ3n) is 3.31. The van der Waals surface area contributed by atoms with Gasteiger partial charge in [-0.3, -0.25) is 4.79 Å². The molecule has 0 heterocycles. The van der Waals surface area contributed by atoms with Gasteiger partial charge in [0.05, 0.1) is 5.56 Å². The monoisotopic (exact) mass is 346 g/mol. The van der Waals surface area contributed by atoms with E-state index in [2.05, 4.69) is 11.8 Å². The Morgan fingerprint density at radius 2 is 1.60 bits per heavy atom. The summed E-state index contributed by atoms with van der Waals surface area (Å²) in [6.07, 6.45) is -4.66. The third kappa shape index (κ3) is 5.21. The Kier molecular flexibility index (Phi) is 5.28. The third-order valence-corrected chi connectivity index (χ3v) is 3.31. The van der Waals surface area contributed by atoms with Gasteiger partial charge in [0.2, 0.25) is 5.78 Å². The second kappa shape index (κ2) is 7.22. The number of rotatable bonds is 3. The minimum atomic E-state index is -4.43. The average molecular weight is 346 g/mol. The van der Waals surface area contributed by atoms with Crippen molar-refractivity contribution < 1.29 is 27.9 Å². The summed E-state index contributed by atoms with van der Waals surface area (Å²) in [5.41, 5.74) is 1.02. The summed E-state index contributed by atoms with van der Waals surface area (Å²) in [6, 6.07) is 9.88. The summed E-state index contributed by atoms with van der Waals surface area (Å²) in [7, 11) is 0. The van der Waals surface area contributed by atoms with Gasteiger partial charge in [-0.1, -0.05) is 24.0 Å². The van der Waals surface area contributed by atoms with E-state index in [1.807, 2.05) is 0 Å². The van der Waals surface area contributed by atoms with Crippen molar-refractivity contribution in [3.63, 3.8) is 0 Å². The number of hydrogen-bond acceptors (Lipinski definition) is 2. The summed E-state index contributed by atoms with van der Waals surface area (Å²) in [5, 5.41) is 8.56. The SMILES string of the molecule is Cc1cc(C#Cc2ccc(CC(=O)C(=O)O)cc2)cc(C(F)(F)F)c1. The van der Waals surface area contributed by atoms with E-state index < -0.39 is 23.5 Å². The number of aryl methyl sites for hydroxylation is 1. The van der Waals surface area contributed by atoms with Gasteiger partial charge in [-0.15, -0.1) is 0 Å². The molecule has 1 N–H and O–H groups in total. The van der Waals surface area contributed by atoms with E-state index in [-0.39, 0.29) is 12.0 Å². The van der Waals surface area contributed by atoms with Crippen LogP contribution in [0.1, 0.15) is 27.8 Å². The van der Waals surface area contributed by atoms with Crippen molar-refractivity contribution in [1.29, 1.82) is 0 Å². The fraction of sp³-hybridized carbons (Fsp3) is 0.158. The fourth-order valence-electron chi connectivity index (χ4n) is 2.13. The van der Waals surface area contributed by atoms with Crippen LogP contribution in [-0.4, -0.2) is 16.9 Å². The van der Waals surface area contributed by atoms with Gasteiger partial charge in [0.1, 0.15) is 0 Å². The first-order valence-corrected chi connectivity index (χ1v) is 7.21. The Morgan fingerprint density at radius 1 is 1.00 bits per heavy atom. The molecule has 0 saturated carbocycles. The highest BCUT2D eigenvalue weighted by Gasteiger charge is 2.30. The average Bonchev–Trinajstić information content (AvgIpc) is 2.52. The van der Waals surface area contributed by atoms with Crippen molar-refractivity contribution >= 4 is 11.8 Å². The smallest absolute Gasteiger partial charge is 0.416 e. The summed E-state index contributed by atoms with van der Waals surface area (Å²) in [5.74, 6) is 3.02. The first-order chi connectivity index (χ1) is 11.6. The second-order valence-corrected chi connectivity index (χ2v) is 5.44. The van der Waals surface area contributed by atoms with Crippen LogP contribution in [0.3, 0.4) is 0 Å². The molecule has 0 aliphatic carbocycles. The van der Waals surface area contributed by atoms with Crippen LogP contribution in [-0.2, 0) is 22.2 Å². The molecule has 0 amide bonds. The minimum Gasteiger partial charge on any atom is -0.475 e. The number of alkyl halides is 3. The molecule has 0 aliphatic rings. The zero-order valence-corrected chi connectivity index (χ0v) is 13.1. The summed E-state index contributed by atoms with van der Waals surface area (Å²) in [4.78, 5) is 21.6. The van der Waals surface area contributed by atoms with Crippen LogP contribution in [0.5, 0.6) is 0 Å². The largest absolute Gasteiger partial charge is 0.475 e. The molecule has 0 fully saturated rings. The summed E-state index contributed by atoms with van der Waals surface area (Å²) in [6.45, 7) is 1.56. The van der Waals surface area contributed by atoms with Gasteiger partial charge >= 0.3 is 12.1 Å². The van der Waals surface area contributed by atoms with Crippen molar-refractivity contribution in [1.82, 2.24) is 0 Å². The number of carbonyl (C=O) groups excluding carboxylic acids is 1. The molecule has 0 atom stereocenters. The van der Waals surface area contributed by atoms with Crippen molar-refractivity contribution in [3.8, 4) is 11.8 Å². The van der Waals surface area contributed by atoms with E-state index in [0.717, 1.165) is 12.1 Å². The van der Waals surface area contributed by atoms with Crippen LogP contribution in [0.4, 0.5) is 13.2 Å². The molecule has 3 nitrogen and oxygen atoms in total. The van der Waals surface area contributed by atoms with Gasteiger partial charge in [-0.2, -0.15) is 13.2 Å². The van der Waals surface area contributed by atoms with E-state index in [9.17, 15) is 22.8 Å². The number of Topliss-reactive ketones (excluding diaryl/α,β-unsaturated/α-hetero) is 1. The number of carboxylic acids is 1. The molecular formula is C19H13F3O3. The predicted molar refractivity (Wildman–Crippen MR) is 84.9 cm³/mol. The minimum absolute atomic E-state index is 0.226. The molecule has 25 heavy (non-hydrogen) atoms. The highest BCUT2D eigenvalue weighted by molar-refractivity contribution is 6.33. The number of carboxylic acid groups (broad SMARTS) is 1. The number of hydrogen-bond donors (Lipinski definition) is 1. The number of benzene rings is 2. The lowest BCUT2D eigenvalue weighted by atomic mass is 10.0. The fourth-order valence-corrected chi connectivity index (χ4v) is 2.13. The highest BCUT2D eigenvalue weighted by Crippen LogP contribution is 2.30. The Balaban J connectivity index is 2.20. The predicted octanol–water partition coefficient (Wildman–Crippen LogP) is 3.61. The van der Waals surface area contributed by atoms with Gasteiger partial charge in [-0.25, -0.2) is 4.79 Å². The lowest BCUT2D eigenvalue weighted by Crippen LogP contribution is -2.14. The number of halogens is 3. The van der Waals surface area contributed by atoms with Gasteiger partial charge in [0.25, 0.3) is 0 Å². The van der Waals surface area contributed by atoms with E-state index in [1.165, 1.54) is 0 Å². The van der Waals surface area contributed by atoms with E-state index >= 15 is 0 Å². The maximum absolute atomic E-state index is 12.8. The molecular weight excluding hydrogens is 333 g/mol. The van der Waals surface area contributed by atoms with Crippen molar-refractivity contribution in [2.75, 3.05) is 0 Å². The Hall–Kier alpha value is -3.07.